The Kier molecular flexibility index (Phi) is 6.87. The molecule has 2 amide bonds. The standard InChI is InChI=1S/C15H18N2O3/c1-2-16-14(19)11-17-15(20)13-8-5-7-12(10-13)6-3-4-9-18/h5,7-8,10,18H,2,4,9,11H2,1H3,(H,16,19)(H,17,20). The zero-order valence-electron chi connectivity index (χ0n) is 11.4. The molecule has 1 aromatic rings. The van der Waals surface area contributed by atoms with E-state index in [1.54, 1.807) is 24.3 Å². The highest BCUT2D eigenvalue weighted by molar-refractivity contribution is 5.96. The molecule has 3 N–H and O–H groups in total. The third kappa shape index (κ3) is 5.55. The summed E-state index contributed by atoms with van der Waals surface area (Å²) in [5.41, 5.74) is 1.15. The van der Waals surface area contributed by atoms with Crippen LogP contribution in [0.1, 0.15) is 29.3 Å². The van der Waals surface area contributed by atoms with Crippen molar-refractivity contribution in [1.29, 1.82) is 0 Å². The average molecular weight is 274 g/mol. The maximum absolute atomic E-state index is 11.9. The highest BCUT2D eigenvalue weighted by Gasteiger charge is 2.07. The summed E-state index contributed by atoms with van der Waals surface area (Å²) in [6.45, 7) is 2.31. The molecule has 0 aliphatic carbocycles. The molecule has 0 heterocycles. The van der Waals surface area contributed by atoms with Gasteiger partial charge in [0.25, 0.3) is 5.91 Å². The van der Waals surface area contributed by atoms with Gasteiger partial charge < -0.3 is 15.7 Å². The molecule has 0 unspecified atom stereocenters. The first-order valence-corrected chi connectivity index (χ1v) is 6.42. The summed E-state index contributed by atoms with van der Waals surface area (Å²) in [7, 11) is 0. The molecule has 5 nitrogen and oxygen atoms in total. The molecule has 0 fully saturated rings. The van der Waals surface area contributed by atoms with E-state index in [-0.39, 0.29) is 25.0 Å². The highest BCUT2D eigenvalue weighted by Crippen LogP contribution is 2.04. The lowest BCUT2D eigenvalue weighted by molar-refractivity contribution is -0.120. The van der Waals surface area contributed by atoms with Gasteiger partial charge in [-0.15, -0.1) is 0 Å². The molecule has 106 valence electrons. The maximum atomic E-state index is 11.9. The number of hydrogen-bond acceptors (Lipinski definition) is 3. The van der Waals surface area contributed by atoms with Crippen molar-refractivity contribution in [2.24, 2.45) is 0 Å². The predicted octanol–water partition coefficient (Wildman–Crippen LogP) is 0.286. The van der Waals surface area contributed by atoms with Gasteiger partial charge in [-0.2, -0.15) is 0 Å². The van der Waals surface area contributed by atoms with Crippen molar-refractivity contribution in [3.8, 4) is 11.8 Å². The van der Waals surface area contributed by atoms with Gasteiger partial charge in [0.15, 0.2) is 0 Å². The minimum absolute atomic E-state index is 0.0136. The van der Waals surface area contributed by atoms with Crippen LogP contribution in [0.2, 0.25) is 0 Å². The second-order valence-corrected chi connectivity index (χ2v) is 3.99. The minimum atomic E-state index is -0.318. The summed E-state index contributed by atoms with van der Waals surface area (Å²) in [6, 6.07) is 6.82. The Balaban J connectivity index is 2.63. The molecule has 20 heavy (non-hydrogen) atoms. The van der Waals surface area contributed by atoms with Crippen LogP contribution in [0.5, 0.6) is 0 Å². The van der Waals surface area contributed by atoms with Crippen molar-refractivity contribution in [3.05, 3.63) is 35.4 Å². The first kappa shape index (κ1) is 15.7. The van der Waals surface area contributed by atoms with Crippen molar-refractivity contribution in [2.45, 2.75) is 13.3 Å². The number of carbonyl (C=O) groups is 2. The van der Waals surface area contributed by atoms with E-state index in [2.05, 4.69) is 22.5 Å². The fourth-order valence-electron chi connectivity index (χ4n) is 1.48. The molecular formula is C15H18N2O3. The van der Waals surface area contributed by atoms with E-state index in [0.29, 0.717) is 24.1 Å². The molecule has 0 spiro atoms. The molecule has 0 saturated carbocycles. The molecule has 1 aromatic carbocycles. The highest BCUT2D eigenvalue weighted by atomic mass is 16.2. The van der Waals surface area contributed by atoms with Gasteiger partial charge in [-0.25, -0.2) is 0 Å². The lowest BCUT2D eigenvalue weighted by Crippen LogP contribution is -2.36. The zero-order valence-corrected chi connectivity index (χ0v) is 11.4. The van der Waals surface area contributed by atoms with Gasteiger partial charge >= 0.3 is 0 Å². The summed E-state index contributed by atoms with van der Waals surface area (Å²) in [5.74, 6) is 5.11. The Labute approximate surface area is 118 Å². The summed E-state index contributed by atoms with van der Waals surface area (Å²) in [6.07, 6.45) is 0.396. The van der Waals surface area contributed by atoms with E-state index in [4.69, 9.17) is 5.11 Å². The normalized spacial score (nSPS) is 9.30. The third-order valence-corrected chi connectivity index (χ3v) is 2.38. The van der Waals surface area contributed by atoms with Gasteiger partial charge in [-0.05, 0) is 25.1 Å². The summed E-state index contributed by atoms with van der Waals surface area (Å²) in [5, 5.41) is 13.8. The van der Waals surface area contributed by atoms with Crippen LogP contribution in [0.25, 0.3) is 0 Å². The van der Waals surface area contributed by atoms with Crippen LogP contribution in [0.4, 0.5) is 0 Å². The van der Waals surface area contributed by atoms with E-state index in [9.17, 15) is 9.59 Å². The zero-order chi connectivity index (χ0) is 14.8. The summed E-state index contributed by atoms with van der Waals surface area (Å²) < 4.78 is 0. The number of nitrogens with one attached hydrogen (secondary N) is 2. The van der Waals surface area contributed by atoms with E-state index < -0.39 is 0 Å². The molecule has 0 radical (unpaired) electrons. The van der Waals surface area contributed by atoms with Crippen LogP contribution >= 0.6 is 0 Å². The van der Waals surface area contributed by atoms with Crippen LogP contribution < -0.4 is 10.6 Å². The van der Waals surface area contributed by atoms with Gasteiger partial charge in [0.1, 0.15) is 0 Å². The Morgan fingerprint density at radius 3 is 2.80 bits per heavy atom. The number of amides is 2. The molecule has 5 heteroatoms. The average Bonchev–Trinajstić information content (AvgIpc) is 2.46. The molecule has 0 aliphatic rings. The molecule has 0 aliphatic heterocycles. The Morgan fingerprint density at radius 1 is 1.30 bits per heavy atom. The fourth-order valence-corrected chi connectivity index (χ4v) is 1.48. The van der Waals surface area contributed by atoms with Crippen LogP contribution in [0, 0.1) is 11.8 Å². The van der Waals surface area contributed by atoms with Gasteiger partial charge in [-0.3, -0.25) is 9.59 Å². The monoisotopic (exact) mass is 274 g/mol. The van der Waals surface area contributed by atoms with Crippen molar-refractivity contribution in [3.63, 3.8) is 0 Å². The SMILES string of the molecule is CCNC(=O)CNC(=O)c1cccc(C#CCCO)c1. The topological polar surface area (TPSA) is 78.4 Å². The molecule has 0 bridgehead atoms. The van der Waals surface area contributed by atoms with Crippen molar-refractivity contribution in [2.75, 3.05) is 19.7 Å². The third-order valence-electron chi connectivity index (χ3n) is 2.38. The van der Waals surface area contributed by atoms with Gasteiger partial charge in [0.2, 0.25) is 5.91 Å². The van der Waals surface area contributed by atoms with Gasteiger partial charge in [-0.1, -0.05) is 17.9 Å². The van der Waals surface area contributed by atoms with Crippen molar-refractivity contribution >= 4 is 11.8 Å². The lowest BCUT2D eigenvalue weighted by atomic mass is 10.1. The fraction of sp³-hybridized carbons (Fsp3) is 0.333. The quantitative estimate of drug-likeness (QED) is 0.675. The predicted molar refractivity (Wildman–Crippen MR) is 76.0 cm³/mol. The first-order chi connectivity index (χ1) is 9.67. The molecular weight excluding hydrogens is 256 g/mol. The van der Waals surface area contributed by atoms with Gasteiger partial charge in [0.05, 0.1) is 13.2 Å². The number of aliphatic hydroxyl groups excluding tert-OH is 1. The summed E-state index contributed by atoms with van der Waals surface area (Å²) >= 11 is 0. The number of benzene rings is 1. The van der Waals surface area contributed by atoms with Crippen LogP contribution in [0.15, 0.2) is 24.3 Å². The first-order valence-electron chi connectivity index (χ1n) is 6.42. The second kappa shape index (κ2) is 8.73. The Hall–Kier alpha value is -2.32. The lowest BCUT2D eigenvalue weighted by Gasteiger charge is -2.05. The largest absolute Gasteiger partial charge is 0.395 e. The molecule has 0 saturated heterocycles. The van der Waals surface area contributed by atoms with E-state index >= 15 is 0 Å². The minimum Gasteiger partial charge on any atom is -0.395 e. The van der Waals surface area contributed by atoms with E-state index in [1.807, 2.05) is 6.92 Å². The Bertz CT molecular complexity index is 529. The van der Waals surface area contributed by atoms with Crippen LogP contribution in [-0.4, -0.2) is 36.6 Å². The Morgan fingerprint density at radius 2 is 2.10 bits per heavy atom. The van der Waals surface area contributed by atoms with Crippen LogP contribution in [-0.2, 0) is 4.79 Å². The number of rotatable bonds is 5. The van der Waals surface area contributed by atoms with E-state index in [1.165, 1.54) is 0 Å². The van der Waals surface area contributed by atoms with E-state index in [0.717, 1.165) is 0 Å². The van der Waals surface area contributed by atoms with Crippen molar-refractivity contribution < 1.29 is 14.7 Å². The number of hydrogen-bond donors (Lipinski definition) is 3. The molecule has 0 aromatic heterocycles. The van der Waals surface area contributed by atoms with Gasteiger partial charge in [0, 0.05) is 24.1 Å². The number of aliphatic hydroxyl groups is 1. The summed E-state index contributed by atoms with van der Waals surface area (Å²) in [4.78, 5) is 23.1. The second-order valence-electron chi connectivity index (χ2n) is 3.99. The smallest absolute Gasteiger partial charge is 0.251 e. The number of carbonyl (C=O) groups excluding carboxylic acids is 2. The van der Waals surface area contributed by atoms with Crippen molar-refractivity contribution in [1.82, 2.24) is 10.6 Å². The maximum Gasteiger partial charge on any atom is 0.251 e. The molecule has 1 rings (SSSR count). The number of likely N-dealkylation sites (N-methyl/N-ethyl adjacent to an activating group) is 1. The molecule has 0 atom stereocenters. The van der Waals surface area contributed by atoms with Crippen LogP contribution in [0.3, 0.4) is 0 Å².